The number of carbonyl (C=O) groups is 2. The smallest absolute Gasteiger partial charge is 0.414 e. The molecule has 6 rings (SSSR count). The lowest BCUT2D eigenvalue weighted by Gasteiger charge is -2.20. The van der Waals surface area contributed by atoms with Crippen LogP contribution < -0.4 is 21.1 Å². The number of amides is 2. The van der Waals surface area contributed by atoms with Crippen molar-refractivity contribution in [2.75, 3.05) is 29.1 Å². The van der Waals surface area contributed by atoms with Crippen molar-refractivity contribution in [2.45, 2.75) is 30.0 Å². The zero-order valence-electron chi connectivity index (χ0n) is 17.9. The van der Waals surface area contributed by atoms with Crippen LogP contribution in [0, 0.1) is 5.82 Å². The Morgan fingerprint density at radius 1 is 1.21 bits per heavy atom. The Balaban J connectivity index is 1.12. The number of rotatable bonds is 5. The number of aromatic nitrogens is 2. The summed E-state index contributed by atoms with van der Waals surface area (Å²) in [5.74, 6) is -0.136. The van der Waals surface area contributed by atoms with Gasteiger partial charge in [0.1, 0.15) is 11.9 Å². The average molecular weight is 482 g/mol. The summed E-state index contributed by atoms with van der Waals surface area (Å²) in [5.41, 5.74) is 2.72. The topological polar surface area (TPSA) is 106 Å². The van der Waals surface area contributed by atoms with Crippen molar-refractivity contribution in [1.82, 2.24) is 14.9 Å². The minimum Gasteiger partial charge on any atom is -0.444 e. The number of hydrogen-bond acceptors (Lipinski definition) is 7. The van der Waals surface area contributed by atoms with E-state index in [4.69, 9.17) is 4.74 Å². The van der Waals surface area contributed by atoms with Gasteiger partial charge in [0, 0.05) is 28.8 Å². The van der Waals surface area contributed by atoms with E-state index in [9.17, 15) is 18.8 Å². The highest BCUT2D eigenvalue weighted by Gasteiger charge is 2.34. The SMILES string of the molecule is O=C1CSc2ccc(N3C[C@@H](CCN[C@H]4Cn5c(=O)ccc6ncc(F)c4c65)OC3=O)cc2N1. The number of nitrogens with one attached hydrogen (secondary N) is 2. The molecule has 3 aliphatic rings. The number of nitrogens with zero attached hydrogens (tertiary/aromatic N) is 3. The molecule has 0 bridgehead atoms. The number of hydrogen-bond donors (Lipinski definition) is 2. The van der Waals surface area contributed by atoms with Crippen molar-refractivity contribution >= 4 is 46.2 Å². The molecule has 2 amide bonds. The van der Waals surface area contributed by atoms with Gasteiger partial charge in [-0.2, -0.15) is 0 Å². The van der Waals surface area contributed by atoms with Crippen molar-refractivity contribution in [3.8, 4) is 0 Å². The van der Waals surface area contributed by atoms with E-state index in [0.717, 1.165) is 4.90 Å². The zero-order valence-corrected chi connectivity index (χ0v) is 18.7. The summed E-state index contributed by atoms with van der Waals surface area (Å²) in [5, 5.41) is 6.14. The molecular formula is C23H20FN5O4S. The summed E-state index contributed by atoms with van der Waals surface area (Å²) in [4.78, 5) is 43.0. The third-order valence-corrected chi connectivity index (χ3v) is 7.42. The van der Waals surface area contributed by atoms with Crippen LogP contribution in [0.1, 0.15) is 18.0 Å². The summed E-state index contributed by atoms with van der Waals surface area (Å²) >= 11 is 1.46. The first-order valence-corrected chi connectivity index (χ1v) is 11.9. The first-order valence-electron chi connectivity index (χ1n) is 10.9. The number of ether oxygens (including phenoxy) is 1. The van der Waals surface area contributed by atoms with E-state index in [-0.39, 0.29) is 23.6 Å². The number of halogens is 1. The van der Waals surface area contributed by atoms with Crippen molar-refractivity contribution in [3.05, 3.63) is 58.3 Å². The highest BCUT2D eigenvalue weighted by molar-refractivity contribution is 8.00. The third-order valence-electron chi connectivity index (χ3n) is 6.34. The zero-order chi connectivity index (χ0) is 23.4. The van der Waals surface area contributed by atoms with Crippen LogP contribution in [0.2, 0.25) is 0 Å². The lowest BCUT2D eigenvalue weighted by Crippen LogP contribution is -2.29. The van der Waals surface area contributed by atoms with Gasteiger partial charge in [0.05, 0.1) is 41.3 Å². The monoisotopic (exact) mass is 481 g/mol. The number of benzene rings is 1. The molecule has 2 atom stereocenters. The number of cyclic esters (lactones) is 1. The van der Waals surface area contributed by atoms with Crippen molar-refractivity contribution in [1.29, 1.82) is 0 Å². The van der Waals surface area contributed by atoms with Gasteiger partial charge in [-0.15, -0.1) is 11.8 Å². The summed E-state index contributed by atoms with van der Waals surface area (Å²) in [6.45, 7) is 1.17. The Morgan fingerprint density at radius 2 is 2.09 bits per heavy atom. The van der Waals surface area contributed by atoms with Gasteiger partial charge in [-0.1, -0.05) is 0 Å². The molecule has 34 heavy (non-hydrogen) atoms. The minimum atomic E-state index is -0.446. The van der Waals surface area contributed by atoms with Gasteiger partial charge in [0.25, 0.3) is 5.56 Å². The van der Waals surface area contributed by atoms with Crippen LogP contribution in [0.15, 0.2) is 46.2 Å². The van der Waals surface area contributed by atoms with Gasteiger partial charge in [-0.05, 0) is 37.2 Å². The molecular weight excluding hydrogens is 461 g/mol. The van der Waals surface area contributed by atoms with Gasteiger partial charge >= 0.3 is 6.09 Å². The summed E-state index contributed by atoms with van der Waals surface area (Å²) in [6, 6.07) is 8.20. The van der Waals surface area contributed by atoms with Crippen molar-refractivity contribution < 1.29 is 18.7 Å². The molecule has 0 saturated carbocycles. The number of fused-ring (bicyclic) bond motifs is 1. The third kappa shape index (κ3) is 3.51. The molecule has 3 aliphatic heterocycles. The van der Waals surface area contributed by atoms with Crippen LogP contribution in [-0.4, -0.2) is 46.5 Å². The van der Waals surface area contributed by atoms with Crippen LogP contribution in [0.25, 0.3) is 11.0 Å². The largest absolute Gasteiger partial charge is 0.444 e. The fourth-order valence-corrected chi connectivity index (χ4v) is 5.55. The number of pyridine rings is 2. The Morgan fingerprint density at radius 3 is 2.97 bits per heavy atom. The average Bonchev–Trinajstić information content (AvgIpc) is 3.39. The van der Waals surface area contributed by atoms with Crippen LogP contribution >= 0.6 is 11.8 Å². The van der Waals surface area contributed by atoms with Gasteiger partial charge < -0.3 is 19.9 Å². The second-order valence-electron chi connectivity index (χ2n) is 8.46. The van der Waals surface area contributed by atoms with Crippen LogP contribution in [-0.2, 0) is 16.1 Å². The molecule has 174 valence electrons. The molecule has 0 spiro atoms. The molecule has 5 heterocycles. The summed E-state index contributed by atoms with van der Waals surface area (Å²) in [6.07, 6.45) is 0.926. The second-order valence-corrected chi connectivity index (χ2v) is 9.48. The normalized spacial score (nSPS) is 21.0. The molecule has 1 aromatic carbocycles. The first kappa shape index (κ1) is 21.1. The predicted molar refractivity (Wildman–Crippen MR) is 125 cm³/mol. The molecule has 1 saturated heterocycles. The van der Waals surface area contributed by atoms with Crippen LogP contribution in [0.5, 0.6) is 0 Å². The van der Waals surface area contributed by atoms with Crippen molar-refractivity contribution in [2.24, 2.45) is 0 Å². The Hall–Kier alpha value is -3.44. The number of anilines is 2. The van der Waals surface area contributed by atoms with E-state index in [1.54, 1.807) is 21.6 Å². The lowest BCUT2D eigenvalue weighted by molar-refractivity contribution is -0.113. The standard InChI is InChI=1S/C23H20FN5O4S/c24-14-8-26-15-2-4-20(31)29-10-17(21(14)22(15)29)25-6-5-13-9-28(23(32)33-13)12-1-3-18-16(7-12)27-19(30)11-34-18/h1-4,7-8,13,17,25H,5-6,9-11H2,(H,27,30)/t13-,17+/m1/s1. The van der Waals surface area contributed by atoms with E-state index in [1.165, 1.54) is 24.0 Å². The van der Waals surface area contributed by atoms with E-state index in [2.05, 4.69) is 15.6 Å². The van der Waals surface area contributed by atoms with Gasteiger partial charge in [0.15, 0.2) is 0 Å². The van der Waals surface area contributed by atoms with Gasteiger partial charge in [-0.25, -0.2) is 9.18 Å². The molecule has 0 unspecified atom stereocenters. The quantitative estimate of drug-likeness (QED) is 0.577. The predicted octanol–water partition coefficient (Wildman–Crippen LogP) is 2.64. The van der Waals surface area contributed by atoms with E-state index in [1.807, 2.05) is 12.1 Å². The molecule has 1 fully saturated rings. The van der Waals surface area contributed by atoms with Crippen LogP contribution in [0.4, 0.5) is 20.6 Å². The molecule has 2 N–H and O–H groups in total. The number of thioether (sulfide) groups is 1. The Labute approximate surface area is 197 Å². The van der Waals surface area contributed by atoms with E-state index < -0.39 is 11.9 Å². The molecule has 3 aromatic rings. The summed E-state index contributed by atoms with van der Waals surface area (Å²) in [7, 11) is 0. The molecule has 2 aromatic heterocycles. The second kappa shape index (κ2) is 8.10. The molecule has 9 nitrogen and oxygen atoms in total. The highest BCUT2D eigenvalue weighted by atomic mass is 32.2. The van der Waals surface area contributed by atoms with E-state index >= 15 is 0 Å². The Kier molecular flexibility index (Phi) is 5.03. The maximum atomic E-state index is 14.6. The first-order chi connectivity index (χ1) is 16.5. The van der Waals surface area contributed by atoms with Gasteiger partial charge in [0.2, 0.25) is 5.91 Å². The maximum absolute atomic E-state index is 14.6. The lowest BCUT2D eigenvalue weighted by atomic mass is 10.1. The fourth-order valence-electron chi connectivity index (χ4n) is 4.76. The molecule has 11 heteroatoms. The maximum Gasteiger partial charge on any atom is 0.414 e. The van der Waals surface area contributed by atoms with E-state index in [0.29, 0.717) is 59.8 Å². The molecule has 0 radical (unpaired) electrons. The highest BCUT2D eigenvalue weighted by Crippen LogP contribution is 2.36. The number of carbonyl (C=O) groups excluding carboxylic acids is 2. The summed E-state index contributed by atoms with van der Waals surface area (Å²) < 4.78 is 21.7. The van der Waals surface area contributed by atoms with Gasteiger partial charge in [-0.3, -0.25) is 19.5 Å². The molecule has 0 aliphatic carbocycles. The Bertz CT molecular complexity index is 1410. The minimum absolute atomic E-state index is 0.0677. The van der Waals surface area contributed by atoms with Crippen molar-refractivity contribution in [3.63, 3.8) is 0 Å². The van der Waals surface area contributed by atoms with Crippen LogP contribution in [0.3, 0.4) is 0 Å². The fraction of sp³-hybridized carbons (Fsp3) is 0.304.